The van der Waals surface area contributed by atoms with Gasteiger partial charge in [-0.3, -0.25) is 4.79 Å². The molecule has 6 nitrogen and oxygen atoms in total. The Morgan fingerprint density at radius 2 is 2.31 bits per heavy atom. The molecule has 0 aromatic rings. The average molecular weight is 234 g/mol. The number of ether oxygens (including phenoxy) is 4. The van der Waals surface area contributed by atoms with E-state index in [0.29, 0.717) is 13.0 Å². The molecule has 2 atom stereocenters. The van der Waals surface area contributed by atoms with Crippen LogP contribution in [0.2, 0.25) is 0 Å². The molecule has 1 aliphatic rings. The van der Waals surface area contributed by atoms with Crippen molar-refractivity contribution in [3.63, 3.8) is 0 Å². The highest BCUT2D eigenvalue weighted by Crippen LogP contribution is 2.27. The number of carbonyl (C=O) groups is 1. The third-order valence-electron chi connectivity index (χ3n) is 2.43. The molecule has 0 aliphatic carbocycles. The molecule has 94 valence electrons. The van der Waals surface area contributed by atoms with Gasteiger partial charge < -0.3 is 24.1 Å². The summed E-state index contributed by atoms with van der Waals surface area (Å²) in [6.45, 7) is 0.515. The van der Waals surface area contributed by atoms with Gasteiger partial charge in [0.2, 0.25) is 0 Å². The highest BCUT2D eigenvalue weighted by Gasteiger charge is 2.38. The second kappa shape index (κ2) is 6.15. The molecule has 6 heteroatoms. The van der Waals surface area contributed by atoms with E-state index in [1.807, 2.05) is 0 Å². The van der Waals surface area contributed by atoms with Crippen molar-refractivity contribution in [1.82, 2.24) is 0 Å². The molecular formula is C10H18O6. The smallest absolute Gasteiger partial charge is 0.310 e. The van der Waals surface area contributed by atoms with Crippen LogP contribution in [0.25, 0.3) is 0 Å². The van der Waals surface area contributed by atoms with Crippen LogP contribution in [0.4, 0.5) is 0 Å². The van der Waals surface area contributed by atoms with Gasteiger partial charge in [0, 0.05) is 13.5 Å². The van der Waals surface area contributed by atoms with E-state index in [9.17, 15) is 9.90 Å². The summed E-state index contributed by atoms with van der Waals surface area (Å²) in [6, 6.07) is 0. The SMILES string of the molecule is COCO[C@@H]1CCO[C@@](O)(CC(=O)OC)C1. The van der Waals surface area contributed by atoms with Crippen molar-refractivity contribution >= 4 is 5.97 Å². The number of esters is 1. The van der Waals surface area contributed by atoms with Crippen LogP contribution >= 0.6 is 0 Å². The van der Waals surface area contributed by atoms with Gasteiger partial charge in [0.1, 0.15) is 6.79 Å². The first-order chi connectivity index (χ1) is 7.59. The van der Waals surface area contributed by atoms with E-state index in [0.717, 1.165) is 0 Å². The summed E-state index contributed by atoms with van der Waals surface area (Å²) < 4.78 is 19.8. The van der Waals surface area contributed by atoms with Gasteiger partial charge in [-0.2, -0.15) is 0 Å². The molecule has 1 saturated heterocycles. The Hall–Kier alpha value is -0.690. The van der Waals surface area contributed by atoms with Gasteiger partial charge in [0.15, 0.2) is 5.79 Å². The van der Waals surface area contributed by atoms with Crippen LogP contribution < -0.4 is 0 Å². The van der Waals surface area contributed by atoms with Crippen molar-refractivity contribution in [2.24, 2.45) is 0 Å². The molecule has 1 rings (SSSR count). The van der Waals surface area contributed by atoms with E-state index in [1.165, 1.54) is 14.2 Å². The average Bonchev–Trinajstić information content (AvgIpc) is 2.25. The zero-order chi connectivity index (χ0) is 12.0. The maximum Gasteiger partial charge on any atom is 0.310 e. The molecular weight excluding hydrogens is 216 g/mol. The topological polar surface area (TPSA) is 74.2 Å². The molecule has 1 heterocycles. The molecule has 0 aromatic heterocycles. The van der Waals surface area contributed by atoms with Crippen LogP contribution in [-0.4, -0.2) is 50.6 Å². The molecule has 0 spiro atoms. The zero-order valence-electron chi connectivity index (χ0n) is 9.60. The standard InChI is InChI=1S/C10H18O6/c1-13-7-15-8-3-4-16-10(12,5-8)6-9(11)14-2/h8,12H,3-7H2,1-2H3/t8-,10-/m1/s1. The first kappa shape index (κ1) is 13.4. The molecule has 0 amide bonds. The van der Waals surface area contributed by atoms with Gasteiger partial charge in [-0.05, 0) is 6.42 Å². The Kier molecular flexibility index (Phi) is 5.14. The van der Waals surface area contributed by atoms with Gasteiger partial charge in [0.25, 0.3) is 0 Å². The van der Waals surface area contributed by atoms with Crippen molar-refractivity contribution in [1.29, 1.82) is 0 Å². The minimum Gasteiger partial charge on any atom is -0.469 e. The van der Waals surface area contributed by atoms with Crippen molar-refractivity contribution in [2.45, 2.75) is 31.2 Å². The van der Waals surface area contributed by atoms with Crippen molar-refractivity contribution in [3.8, 4) is 0 Å². The Morgan fingerprint density at radius 3 is 2.94 bits per heavy atom. The number of aliphatic hydroxyl groups is 1. The summed E-state index contributed by atoms with van der Waals surface area (Å²) in [5, 5.41) is 10.00. The van der Waals surface area contributed by atoms with Crippen LogP contribution in [0.5, 0.6) is 0 Å². The van der Waals surface area contributed by atoms with E-state index in [4.69, 9.17) is 14.2 Å². The monoisotopic (exact) mass is 234 g/mol. The quantitative estimate of drug-likeness (QED) is 0.534. The van der Waals surface area contributed by atoms with Gasteiger partial charge in [-0.15, -0.1) is 0 Å². The lowest BCUT2D eigenvalue weighted by Gasteiger charge is -2.35. The van der Waals surface area contributed by atoms with Crippen LogP contribution in [0.3, 0.4) is 0 Å². The molecule has 1 aliphatic heterocycles. The van der Waals surface area contributed by atoms with Gasteiger partial charge in [-0.25, -0.2) is 0 Å². The molecule has 0 bridgehead atoms. The largest absolute Gasteiger partial charge is 0.469 e. The predicted octanol–water partition coefficient (Wildman–Crippen LogP) is 0.0376. The summed E-state index contributed by atoms with van der Waals surface area (Å²) in [4.78, 5) is 11.1. The summed E-state index contributed by atoms with van der Waals surface area (Å²) >= 11 is 0. The predicted molar refractivity (Wildman–Crippen MR) is 53.5 cm³/mol. The van der Waals surface area contributed by atoms with E-state index < -0.39 is 11.8 Å². The Bertz CT molecular complexity index is 231. The summed E-state index contributed by atoms with van der Waals surface area (Å²) in [5.74, 6) is -1.99. The minimum absolute atomic E-state index is 0.164. The van der Waals surface area contributed by atoms with Gasteiger partial charge in [-0.1, -0.05) is 0 Å². The number of hydrogen-bond donors (Lipinski definition) is 1. The zero-order valence-corrected chi connectivity index (χ0v) is 9.60. The van der Waals surface area contributed by atoms with E-state index >= 15 is 0 Å². The van der Waals surface area contributed by atoms with Crippen LogP contribution in [0.15, 0.2) is 0 Å². The number of hydrogen-bond acceptors (Lipinski definition) is 6. The number of carbonyl (C=O) groups excluding carboxylic acids is 1. The van der Waals surface area contributed by atoms with Gasteiger partial charge in [0.05, 0.1) is 26.2 Å². The van der Waals surface area contributed by atoms with Crippen molar-refractivity contribution in [2.75, 3.05) is 27.6 Å². The minimum atomic E-state index is -1.48. The molecule has 16 heavy (non-hydrogen) atoms. The van der Waals surface area contributed by atoms with Crippen LogP contribution in [0, 0.1) is 0 Å². The first-order valence-electron chi connectivity index (χ1n) is 5.13. The fraction of sp³-hybridized carbons (Fsp3) is 0.900. The normalized spacial score (nSPS) is 30.1. The van der Waals surface area contributed by atoms with E-state index in [2.05, 4.69) is 4.74 Å². The second-order valence-electron chi connectivity index (χ2n) is 3.74. The fourth-order valence-corrected chi connectivity index (χ4v) is 1.62. The second-order valence-corrected chi connectivity index (χ2v) is 3.74. The molecule has 1 fully saturated rings. The third kappa shape index (κ3) is 4.05. The maximum absolute atomic E-state index is 11.1. The molecule has 1 N–H and O–H groups in total. The summed E-state index contributed by atoms with van der Waals surface area (Å²) in [5.41, 5.74) is 0. The first-order valence-corrected chi connectivity index (χ1v) is 5.13. The highest BCUT2D eigenvalue weighted by molar-refractivity contribution is 5.70. The highest BCUT2D eigenvalue weighted by atomic mass is 16.7. The van der Waals surface area contributed by atoms with E-state index in [1.54, 1.807) is 0 Å². The summed E-state index contributed by atoms with van der Waals surface area (Å²) in [7, 11) is 2.80. The Labute approximate surface area is 94.4 Å². The molecule has 0 radical (unpaired) electrons. The Balaban J connectivity index is 2.44. The number of rotatable bonds is 5. The number of methoxy groups -OCH3 is 2. The third-order valence-corrected chi connectivity index (χ3v) is 2.43. The van der Waals surface area contributed by atoms with Crippen LogP contribution in [0.1, 0.15) is 19.3 Å². The summed E-state index contributed by atoms with van der Waals surface area (Å²) in [6.07, 6.45) is 0.567. The molecule has 0 unspecified atom stereocenters. The van der Waals surface area contributed by atoms with E-state index in [-0.39, 0.29) is 25.7 Å². The maximum atomic E-state index is 11.1. The lowest BCUT2D eigenvalue weighted by molar-refractivity contribution is -0.258. The van der Waals surface area contributed by atoms with Gasteiger partial charge >= 0.3 is 5.97 Å². The van der Waals surface area contributed by atoms with Crippen molar-refractivity contribution in [3.05, 3.63) is 0 Å². The molecule has 0 saturated carbocycles. The Morgan fingerprint density at radius 1 is 1.56 bits per heavy atom. The molecule has 0 aromatic carbocycles. The lowest BCUT2D eigenvalue weighted by Crippen LogP contribution is -2.44. The van der Waals surface area contributed by atoms with Crippen LogP contribution in [-0.2, 0) is 23.7 Å². The van der Waals surface area contributed by atoms with Crippen molar-refractivity contribution < 1.29 is 28.8 Å². The fourth-order valence-electron chi connectivity index (χ4n) is 1.62. The lowest BCUT2D eigenvalue weighted by atomic mass is 10.00.